The number of likely N-dealkylation sites (tertiary alicyclic amines) is 2. The third-order valence-corrected chi connectivity index (χ3v) is 4.55. The van der Waals surface area contributed by atoms with E-state index in [0.29, 0.717) is 11.6 Å². The number of hydrogen-bond acceptors (Lipinski definition) is 3. The Bertz CT molecular complexity index is 483. The molecule has 0 aliphatic carbocycles. The second kappa shape index (κ2) is 5.94. The average molecular weight is 274 g/mol. The Morgan fingerprint density at radius 1 is 1.20 bits per heavy atom. The lowest BCUT2D eigenvalue weighted by molar-refractivity contribution is 0.0694. The van der Waals surface area contributed by atoms with Gasteiger partial charge in [-0.1, -0.05) is 18.2 Å². The van der Waals surface area contributed by atoms with Crippen LogP contribution in [-0.2, 0) is 6.54 Å². The van der Waals surface area contributed by atoms with Crippen LogP contribution < -0.4 is 0 Å². The van der Waals surface area contributed by atoms with Crippen LogP contribution in [0, 0.1) is 0 Å². The lowest BCUT2D eigenvalue weighted by Crippen LogP contribution is -2.35. The highest BCUT2D eigenvalue weighted by molar-refractivity contribution is 5.89. The van der Waals surface area contributed by atoms with Crippen molar-refractivity contribution >= 4 is 5.97 Å². The molecule has 0 amide bonds. The molecule has 0 aromatic heterocycles. The maximum absolute atomic E-state index is 11.2. The van der Waals surface area contributed by atoms with Crippen molar-refractivity contribution in [2.75, 3.05) is 26.2 Å². The van der Waals surface area contributed by atoms with Crippen molar-refractivity contribution in [3.05, 3.63) is 35.4 Å². The highest BCUT2D eigenvalue weighted by Crippen LogP contribution is 2.22. The van der Waals surface area contributed by atoms with Crippen LogP contribution in [0.25, 0.3) is 0 Å². The van der Waals surface area contributed by atoms with Gasteiger partial charge >= 0.3 is 5.97 Å². The first-order chi connectivity index (χ1) is 9.74. The van der Waals surface area contributed by atoms with Gasteiger partial charge in [-0.2, -0.15) is 0 Å². The minimum absolute atomic E-state index is 0.442. The highest BCUT2D eigenvalue weighted by Gasteiger charge is 2.29. The second-order valence-corrected chi connectivity index (χ2v) is 5.88. The van der Waals surface area contributed by atoms with E-state index in [0.717, 1.165) is 25.2 Å². The Labute approximate surface area is 120 Å². The quantitative estimate of drug-likeness (QED) is 0.912. The van der Waals surface area contributed by atoms with Crippen LogP contribution in [0.2, 0.25) is 0 Å². The molecule has 2 saturated heterocycles. The van der Waals surface area contributed by atoms with Crippen LogP contribution >= 0.6 is 0 Å². The van der Waals surface area contributed by atoms with Crippen LogP contribution in [-0.4, -0.2) is 53.1 Å². The highest BCUT2D eigenvalue weighted by atomic mass is 16.4. The first kappa shape index (κ1) is 13.6. The van der Waals surface area contributed by atoms with Crippen molar-refractivity contribution in [1.29, 1.82) is 0 Å². The van der Waals surface area contributed by atoms with Gasteiger partial charge in [-0.3, -0.25) is 9.80 Å². The summed E-state index contributed by atoms with van der Waals surface area (Å²) >= 11 is 0. The van der Waals surface area contributed by atoms with Gasteiger partial charge < -0.3 is 5.11 Å². The molecule has 2 aliphatic rings. The molecule has 1 atom stereocenters. The van der Waals surface area contributed by atoms with E-state index in [9.17, 15) is 9.90 Å². The van der Waals surface area contributed by atoms with E-state index in [1.54, 1.807) is 12.1 Å². The van der Waals surface area contributed by atoms with Gasteiger partial charge in [-0.05, 0) is 44.0 Å². The lowest BCUT2D eigenvalue weighted by atomic mass is 10.1. The first-order valence-corrected chi connectivity index (χ1v) is 7.51. The first-order valence-electron chi connectivity index (χ1n) is 7.51. The summed E-state index contributed by atoms with van der Waals surface area (Å²) in [7, 11) is 0. The monoisotopic (exact) mass is 274 g/mol. The summed E-state index contributed by atoms with van der Waals surface area (Å²) in [5, 5.41) is 9.24. The molecule has 1 aromatic rings. The maximum atomic E-state index is 11.2. The molecule has 2 fully saturated rings. The Balaban J connectivity index is 1.63. The molecule has 4 heteroatoms. The minimum Gasteiger partial charge on any atom is -0.478 e. The van der Waals surface area contributed by atoms with Gasteiger partial charge in [0.1, 0.15) is 0 Å². The third kappa shape index (κ3) is 2.86. The topological polar surface area (TPSA) is 43.8 Å². The summed E-state index contributed by atoms with van der Waals surface area (Å²) < 4.78 is 0. The van der Waals surface area contributed by atoms with Crippen LogP contribution in [0.4, 0.5) is 0 Å². The van der Waals surface area contributed by atoms with E-state index in [4.69, 9.17) is 0 Å². The fourth-order valence-electron chi connectivity index (χ4n) is 3.47. The molecule has 1 N–H and O–H groups in total. The van der Waals surface area contributed by atoms with E-state index in [1.807, 2.05) is 12.1 Å². The van der Waals surface area contributed by atoms with Gasteiger partial charge in [0.2, 0.25) is 0 Å². The molecule has 3 rings (SSSR count). The smallest absolute Gasteiger partial charge is 0.336 e. The largest absolute Gasteiger partial charge is 0.478 e. The van der Waals surface area contributed by atoms with Gasteiger partial charge in [0.05, 0.1) is 5.56 Å². The van der Waals surface area contributed by atoms with E-state index in [2.05, 4.69) is 9.80 Å². The van der Waals surface area contributed by atoms with Gasteiger partial charge in [0.15, 0.2) is 0 Å². The van der Waals surface area contributed by atoms with Crippen LogP contribution in [0.5, 0.6) is 0 Å². The summed E-state index contributed by atoms with van der Waals surface area (Å²) in [4.78, 5) is 16.2. The second-order valence-electron chi connectivity index (χ2n) is 5.88. The zero-order valence-corrected chi connectivity index (χ0v) is 11.8. The van der Waals surface area contributed by atoms with Crippen LogP contribution in [0.1, 0.15) is 35.2 Å². The Morgan fingerprint density at radius 2 is 1.95 bits per heavy atom. The number of aromatic carboxylic acids is 1. The predicted octanol–water partition coefficient (Wildman–Crippen LogP) is 2.05. The number of carboxylic acids is 1. The molecule has 0 spiro atoms. The number of carboxylic acid groups (broad SMARTS) is 1. The third-order valence-electron chi connectivity index (χ3n) is 4.55. The zero-order valence-electron chi connectivity index (χ0n) is 11.8. The normalized spacial score (nSPS) is 24.3. The molecule has 0 saturated carbocycles. The summed E-state index contributed by atoms with van der Waals surface area (Å²) in [6.45, 7) is 5.39. The Hall–Kier alpha value is -1.39. The molecule has 20 heavy (non-hydrogen) atoms. The minimum atomic E-state index is -0.823. The molecule has 1 unspecified atom stereocenters. The molecule has 0 bridgehead atoms. The molecular weight excluding hydrogens is 252 g/mol. The lowest BCUT2D eigenvalue weighted by Gasteiger charge is -2.24. The average Bonchev–Trinajstić information content (AvgIpc) is 3.09. The molecule has 2 aliphatic heterocycles. The van der Waals surface area contributed by atoms with Gasteiger partial charge in [-0.25, -0.2) is 4.79 Å². The van der Waals surface area contributed by atoms with Crippen molar-refractivity contribution < 1.29 is 9.90 Å². The molecule has 2 heterocycles. The molecule has 4 nitrogen and oxygen atoms in total. The van der Waals surface area contributed by atoms with E-state index in [-0.39, 0.29) is 0 Å². The standard InChI is InChI=1S/C16H22N2O2/c19-16(20)15-6-2-1-5-13(15)11-17-10-7-14(12-17)18-8-3-4-9-18/h1-2,5-6,14H,3-4,7-12H2,(H,19,20). The molecule has 1 aromatic carbocycles. The maximum Gasteiger partial charge on any atom is 0.336 e. The predicted molar refractivity (Wildman–Crippen MR) is 77.9 cm³/mol. The molecule has 108 valence electrons. The van der Waals surface area contributed by atoms with E-state index in [1.165, 1.54) is 32.4 Å². The number of hydrogen-bond donors (Lipinski definition) is 1. The molecular formula is C16H22N2O2. The van der Waals surface area contributed by atoms with Crippen molar-refractivity contribution in [2.24, 2.45) is 0 Å². The van der Waals surface area contributed by atoms with Crippen LogP contribution in [0.3, 0.4) is 0 Å². The van der Waals surface area contributed by atoms with E-state index >= 15 is 0 Å². The van der Waals surface area contributed by atoms with E-state index < -0.39 is 5.97 Å². The van der Waals surface area contributed by atoms with Crippen molar-refractivity contribution in [2.45, 2.75) is 31.8 Å². The van der Waals surface area contributed by atoms with Gasteiger partial charge in [0, 0.05) is 25.7 Å². The zero-order chi connectivity index (χ0) is 13.9. The Morgan fingerprint density at radius 3 is 2.70 bits per heavy atom. The SMILES string of the molecule is O=C(O)c1ccccc1CN1CCC(N2CCCC2)C1. The summed E-state index contributed by atoms with van der Waals surface area (Å²) in [5.41, 5.74) is 1.37. The summed E-state index contributed by atoms with van der Waals surface area (Å²) in [6, 6.07) is 8.03. The van der Waals surface area contributed by atoms with Crippen molar-refractivity contribution in [3.63, 3.8) is 0 Å². The van der Waals surface area contributed by atoms with Gasteiger partial charge in [-0.15, -0.1) is 0 Å². The Kier molecular flexibility index (Phi) is 4.03. The molecule has 0 radical (unpaired) electrons. The van der Waals surface area contributed by atoms with Crippen molar-refractivity contribution in [3.8, 4) is 0 Å². The summed E-state index contributed by atoms with van der Waals surface area (Å²) in [5.74, 6) is -0.823. The number of benzene rings is 1. The number of rotatable bonds is 4. The number of nitrogens with zero attached hydrogens (tertiary/aromatic N) is 2. The fraction of sp³-hybridized carbons (Fsp3) is 0.562. The van der Waals surface area contributed by atoms with Gasteiger partial charge in [0.25, 0.3) is 0 Å². The van der Waals surface area contributed by atoms with Crippen LogP contribution in [0.15, 0.2) is 24.3 Å². The van der Waals surface area contributed by atoms with Crippen molar-refractivity contribution in [1.82, 2.24) is 9.80 Å². The summed E-state index contributed by atoms with van der Waals surface area (Å²) in [6.07, 6.45) is 3.88. The number of carbonyl (C=O) groups is 1. The fourth-order valence-corrected chi connectivity index (χ4v) is 3.47.